The number of ether oxygens (including phenoxy) is 2. The van der Waals surface area contributed by atoms with Crippen molar-refractivity contribution < 1.29 is 19.4 Å². The molecule has 1 saturated heterocycles. The third kappa shape index (κ3) is 13.1. The SMILES string of the molecule is CCCCCCCCCCCCCCCCCC[C@H](C=O)[C@@H](O)[C@H]1COC(C)(C)O1. The smallest absolute Gasteiger partial charge is 0.163 e. The Bertz CT molecular complexity index is 410. The summed E-state index contributed by atoms with van der Waals surface area (Å²) in [5, 5.41) is 10.4. The predicted octanol–water partition coefficient (Wildman–Crippen LogP) is 6.97. The summed E-state index contributed by atoms with van der Waals surface area (Å²) >= 11 is 0. The van der Waals surface area contributed by atoms with E-state index < -0.39 is 18.0 Å². The molecule has 0 aromatic heterocycles. The van der Waals surface area contributed by atoms with E-state index >= 15 is 0 Å². The van der Waals surface area contributed by atoms with Gasteiger partial charge in [-0.3, -0.25) is 0 Å². The summed E-state index contributed by atoms with van der Waals surface area (Å²) in [6.07, 6.45) is 21.9. The van der Waals surface area contributed by atoms with Gasteiger partial charge < -0.3 is 19.4 Å². The van der Waals surface area contributed by atoms with E-state index in [4.69, 9.17) is 9.47 Å². The largest absolute Gasteiger partial charge is 0.390 e. The highest BCUT2D eigenvalue weighted by molar-refractivity contribution is 5.54. The van der Waals surface area contributed by atoms with Gasteiger partial charge in [-0.05, 0) is 20.3 Å². The van der Waals surface area contributed by atoms with Crippen LogP contribution < -0.4 is 0 Å². The second-order valence-corrected chi connectivity index (χ2v) is 9.75. The second-order valence-electron chi connectivity index (χ2n) is 9.75. The minimum absolute atomic E-state index is 0.348. The molecule has 0 amide bonds. The normalized spacial score (nSPS) is 20.3. The van der Waals surface area contributed by atoms with E-state index in [1.807, 2.05) is 13.8 Å². The number of carbonyl (C=O) groups is 1. The lowest BCUT2D eigenvalue weighted by Crippen LogP contribution is -2.37. The molecule has 30 heavy (non-hydrogen) atoms. The van der Waals surface area contributed by atoms with Crippen molar-refractivity contribution in [2.45, 2.75) is 148 Å². The van der Waals surface area contributed by atoms with Crippen molar-refractivity contribution >= 4 is 6.29 Å². The van der Waals surface area contributed by atoms with Crippen LogP contribution >= 0.6 is 0 Å². The van der Waals surface area contributed by atoms with E-state index in [2.05, 4.69) is 6.92 Å². The molecular formula is C26H50O4. The van der Waals surface area contributed by atoms with Crippen LogP contribution in [0.5, 0.6) is 0 Å². The molecule has 1 fully saturated rings. The number of aliphatic hydroxyl groups excluding tert-OH is 1. The minimum Gasteiger partial charge on any atom is -0.390 e. The molecule has 178 valence electrons. The molecule has 0 aromatic carbocycles. The number of hydrogen-bond donors (Lipinski definition) is 1. The average molecular weight is 427 g/mol. The molecule has 0 spiro atoms. The molecule has 1 heterocycles. The third-order valence-corrected chi connectivity index (χ3v) is 6.42. The first kappa shape index (κ1) is 27.6. The quantitative estimate of drug-likeness (QED) is 0.169. The lowest BCUT2D eigenvalue weighted by atomic mass is 9.93. The number of unbranched alkanes of at least 4 members (excludes halogenated alkanes) is 15. The highest BCUT2D eigenvalue weighted by Gasteiger charge is 2.39. The molecule has 0 saturated carbocycles. The zero-order chi connectivity index (χ0) is 22.1. The van der Waals surface area contributed by atoms with Crippen molar-refractivity contribution in [3.8, 4) is 0 Å². The van der Waals surface area contributed by atoms with Gasteiger partial charge in [0.2, 0.25) is 0 Å². The van der Waals surface area contributed by atoms with Gasteiger partial charge >= 0.3 is 0 Å². The summed E-state index contributed by atoms with van der Waals surface area (Å²) in [7, 11) is 0. The van der Waals surface area contributed by atoms with Gasteiger partial charge in [0, 0.05) is 5.92 Å². The van der Waals surface area contributed by atoms with Gasteiger partial charge in [-0.2, -0.15) is 0 Å². The van der Waals surface area contributed by atoms with Gasteiger partial charge in [0.15, 0.2) is 5.79 Å². The van der Waals surface area contributed by atoms with Gasteiger partial charge in [0.05, 0.1) is 12.7 Å². The van der Waals surface area contributed by atoms with Gasteiger partial charge in [-0.15, -0.1) is 0 Å². The first-order chi connectivity index (χ1) is 14.5. The molecule has 0 unspecified atom stereocenters. The summed E-state index contributed by atoms with van der Waals surface area (Å²) in [5.74, 6) is -1.01. The average Bonchev–Trinajstić information content (AvgIpc) is 3.10. The van der Waals surface area contributed by atoms with Crippen LogP contribution in [0.2, 0.25) is 0 Å². The van der Waals surface area contributed by atoms with E-state index in [1.165, 1.54) is 89.9 Å². The summed E-state index contributed by atoms with van der Waals surface area (Å²) in [4.78, 5) is 11.4. The number of rotatable bonds is 20. The highest BCUT2D eigenvalue weighted by atomic mass is 16.7. The van der Waals surface area contributed by atoms with Crippen molar-refractivity contribution in [1.29, 1.82) is 0 Å². The first-order valence-electron chi connectivity index (χ1n) is 13.0. The van der Waals surface area contributed by atoms with E-state index in [1.54, 1.807) is 0 Å². The first-order valence-corrected chi connectivity index (χ1v) is 13.0. The summed E-state index contributed by atoms with van der Waals surface area (Å²) in [6.45, 7) is 6.31. The molecule has 1 rings (SSSR count). The van der Waals surface area contributed by atoms with Crippen LogP contribution in [0.1, 0.15) is 130 Å². The van der Waals surface area contributed by atoms with Crippen LogP contribution in [0, 0.1) is 5.92 Å². The van der Waals surface area contributed by atoms with Crippen molar-refractivity contribution in [2.24, 2.45) is 5.92 Å². The molecule has 3 atom stereocenters. The monoisotopic (exact) mass is 426 g/mol. The molecule has 4 heteroatoms. The zero-order valence-electron chi connectivity index (χ0n) is 20.2. The standard InChI is InChI=1S/C26H50O4/c1-4-5-6-7-8-9-10-11-12-13-14-15-16-17-18-19-20-23(21-27)25(28)24-22-29-26(2,3)30-24/h21,23-25,28H,4-20,22H2,1-3H3/t23-,24-,25-/m1/s1. The summed E-state index contributed by atoms with van der Waals surface area (Å²) in [6, 6.07) is 0. The lowest BCUT2D eigenvalue weighted by Gasteiger charge is -2.24. The zero-order valence-corrected chi connectivity index (χ0v) is 20.2. The Morgan fingerprint density at radius 3 is 1.63 bits per heavy atom. The van der Waals surface area contributed by atoms with E-state index in [9.17, 15) is 9.90 Å². The fourth-order valence-electron chi connectivity index (χ4n) is 4.41. The Labute approximate surface area is 186 Å². The number of aldehydes is 1. The van der Waals surface area contributed by atoms with Crippen LogP contribution in [0.15, 0.2) is 0 Å². The van der Waals surface area contributed by atoms with Gasteiger partial charge in [-0.25, -0.2) is 0 Å². The van der Waals surface area contributed by atoms with Crippen LogP contribution in [0.3, 0.4) is 0 Å². The van der Waals surface area contributed by atoms with Crippen molar-refractivity contribution in [2.75, 3.05) is 6.61 Å². The maximum Gasteiger partial charge on any atom is 0.163 e. The molecule has 1 aliphatic heterocycles. The van der Waals surface area contributed by atoms with E-state index in [0.29, 0.717) is 6.61 Å². The topological polar surface area (TPSA) is 55.8 Å². The Morgan fingerprint density at radius 2 is 1.27 bits per heavy atom. The molecule has 0 aromatic rings. The minimum atomic E-state index is -0.763. The molecule has 4 nitrogen and oxygen atoms in total. The Morgan fingerprint density at radius 1 is 0.833 bits per heavy atom. The highest BCUT2D eigenvalue weighted by Crippen LogP contribution is 2.28. The number of hydrogen-bond acceptors (Lipinski definition) is 4. The third-order valence-electron chi connectivity index (χ3n) is 6.42. The van der Waals surface area contributed by atoms with Gasteiger partial charge in [0.1, 0.15) is 12.4 Å². The fraction of sp³-hybridized carbons (Fsp3) is 0.962. The van der Waals surface area contributed by atoms with Crippen LogP contribution in [0.25, 0.3) is 0 Å². The fourth-order valence-corrected chi connectivity index (χ4v) is 4.41. The van der Waals surface area contributed by atoms with Crippen LogP contribution in [-0.2, 0) is 14.3 Å². The lowest BCUT2D eigenvalue weighted by molar-refractivity contribution is -0.157. The summed E-state index contributed by atoms with van der Waals surface area (Å²) < 4.78 is 11.2. The van der Waals surface area contributed by atoms with Gasteiger partial charge in [-0.1, -0.05) is 110 Å². The number of carbonyl (C=O) groups excluding carboxylic acids is 1. The second kappa shape index (κ2) is 17.1. The Kier molecular flexibility index (Phi) is 15.8. The molecule has 1 aliphatic rings. The Balaban J connectivity index is 1.89. The molecule has 0 bridgehead atoms. The van der Waals surface area contributed by atoms with Gasteiger partial charge in [0.25, 0.3) is 0 Å². The number of aliphatic hydroxyl groups is 1. The summed E-state index contributed by atoms with van der Waals surface area (Å²) in [5.41, 5.74) is 0. The maximum absolute atomic E-state index is 11.4. The van der Waals surface area contributed by atoms with E-state index in [-0.39, 0.29) is 5.92 Å². The van der Waals surface area contributed by atoms with Crippen molar-refractivity contribution in [3.63, 3.8) is 0 Å². The molecule has 0 radical (unpaired) electrons. The van der Waals surface area contributed by atoms with Crippen LogP contribution in [0.4, 0.5) is 0 Å². The predicted molar refractivity (Wildman–Crippen MR) is 125 cm³/mol. The molecular weight excluding hydrogens is 376 g/mol. The maximum atomic E-state index is 11.4. The Hall–Kier alpha value is -0.450. The van der Waals surface area contributed by atoms with Crippen molar-refractivity contribution in [3.05, 3.63) is 0 Å². The van der Waals surface area contributed by atoms with Crippen molar-refractivity contribution in [1.82, 2.24) is 0 Å². The van der Waals surface area contributed by atoms with Crippen LogP contribution in [-0.4, -0.2) is 36.0 Å². The molecule has 0 aliphatic carbocycles. The molecule has 1 N–H and O–H groups in total. The van der Waals surface area contributed by atoms with E-state index in [0.717, 1.165) is 25.5 Å².